The summed E-state index contributed by atoms with van der Waals surface area (Å²) in [4.78, 5) is 15.2. The Morgan fingerprint density at radius 3 is 2.65 bits per heavy atom. The van der Waals surface area contributed by atoms with Gasteiger partial charge < -0.3 is 9.64 Å². The summed E-state index contributed by atoms with van der Waals surface area (Å²) in [5.74, 6) is 0.896. The highest BCUT2D eigenvalue weighted by molar-refractivity contribution is 7.80. The third kappa shape index (κ3) is 2.65. The van der Waals surface area contributed by atoms with Gasteiger partial charge in [0.1, 0.15) is 12.4 Å². The van der Waals surface area contributed by atoms with Crippen molar-refractivity contribution in [3.8, 4) is 5.75 Å². The van der Waals surface area contributed by atoms with Gasteiger partial charge in [-0.1, -0.05) is 18.2 Å². The molecule has 0 radical (unpaired) electrons. The minimum atomic E-state index is 0.0265. The fourth-order valence-electron chi connectivity index (χ4n) is 2.29. The normalized spacial score (nSPS) is 14.2. The molecule has 0 aromatic heterocycles. The predicted molar refractivity (Wildman–Crippen MR) is 80.4 cm³/mol. The van der Waals surface area contributed by atoms with Crippen molar-refractivity contribution in [1.82, 2.24) is 4.90 Å². The molecule has 0 fully saturated rings. The highest BCUT2D eigenvalue weighted by Gasteiger charge is 2.20. The van der Waals surface area contributed by atoms with E-state index in [1.165, 1.54) is 0 Å². The topological polar surface area (TPSA) is 29.5 Å². The van der Waals surface area contributed by atoms with Crippen molar-refractivity contribution in [2.75, 3.05) is 13.2 Å². The average Bonchev–Trinajstić information content (AvgIpc) is 2.69. The minimum absolute atomic E-state index is 0.0265. The lowest BCUT2D eigenvalue weighted by Gasteiger charge is -2.19. The number of nitrogens with zero attached hydrogens (tertiary/aromatic N) is 1. The highest BCUT2D eigenvalue weighted by atomic mass is 32.1. The van der Waals surface area contributed by atoms with E-state index >= 15 is 0 Å². The molecule has 0 saturated heterocycles. The van der Waals surface area contributed by atoms with Gasteiger partial charge in [-0.2, -0.15) is 0 Å². The smallest absolute Gasteiger partial charge is 0.254 e. The number of hydrogen-bond donors (Lipinski definition) is 1. The van der Waals surface area contributed by atoms with E-state index in [4.69, 9.17) is 4.74 Å². The maximum atomic E-state index is 12.5. The van der Waals surface area contributed by atoms with Crippen molar-refractivity contribution in [2.45, 2.75) is 11.4 Å². The van der Waals surface area contributed by atoms with Gasteiger partial charge >= 0.3 is 0 Å². The fraction of sp³-hybridized carbons (Fsp3) is 0.188. The molecule has 0 saturated carbocycles. The Hall–Kier alpha value is -1.94. The molecule has 3 rings (SSSR count). The average molecular weight is 285 g/mol. The molecule has 0 aliphatic carbocycles. The summed E-state index contributed by atoms with van der Waals surface area (Å²) in [7, 11) is 0. The number of fused-ring (bicyclic) bond motifs is 1. The Morgan fingerprint density at radius 2 is 1.85 bits per heavy atom. The molecule has 0 N–H and O–H groups in total. The standard InChI is InChI=1S/C16H15NO2S/c18-16(12-5-7-14(20)8-6-12)17-9-10-19-15-4-2-1-3-13(15)11-17/h1-8,20H,9-11H2. The maximum absolute atomic E-state index is 12.5. The van der Waals surface area contributed by atoms with Crippen LogP contribution in [0.1, 0.15) is 15.9 Å². The molecule has 1 aliphatic rings. The summed E-state index contributed by atoms with van der Waals surface area (Å²) < 4.78 is 5.68. The highest BCUT2D eigenvalue weighted by Crippen LogP contribution is 2.23. The monoisotopic (exact) mass is 285 g/mol. The van der Waals surface area contributed by atoms with E-state index in [-0.39, 0.29) is 5.91 Å². The van der Waals surface area contributed by atoms with Crippen LogP contribution in [0, 0.1) is 0 Å². The van der Waals surface area contributed by atoms with Crippen LogP contribution in [-0.4, -0.2) is 24.0 Å². The van der Waals surface area contributed by atoms with Gasteiger partial charge in [0, 0.05) is 22.6 Å². The van der Waals surface area contributed by atoms with Gasteiger partial charge in [-0.25, -0.2) is 0 Å². The second kappa shape index (κ2) is 5.59. The number of carbonyl (C=O) groups excluding carboxylic acids is 1. The second-order valence-electron chi connectivity index (χ2n) is 4.73. The van der Waals surface area contributed by atoms with Crippen molar-refractivity contribution in [3.05, 3.63) is 59.7 Å². The lowest BCUT2D eigenvalue weighted by atomic mass is 10.1. The molecule has 1 aliphatic heterocycles. The molecule has 20 heavy (non-hydrogen) atoms. The van der Waals surface area contributed by atoms with E-state index < -0.39 is 0 Å². The molecule has 0 unspecified atom stereocenters. The largest absolute Gasteiger partial charge is 0.491 e. The molecule has 3 nitrogen and oxygen atoms in total. The molecular formula is C16H15NO2S. The van der Waals surface area contributed by atoms with Crippen LogP contribution in [-0.2, 0) is 6.54 Å². The first-order valence-corrected chi connectivity index (χ1v) is 6.98. The zero-order valence-electron chi connectivity index (χ0n) is 11.0. The van der Waals surface area contributed by atoms with Crippen LogP contribution in [0.2, 0.25) is 0 Å². The van der Waals surface area contributed by atoms with Crippen LogP contribution in [0.25, 0.3) is 0 Å². The number of ether oxygens (including phenoxy) is 1. The van der Waals surface area contributed by atoms with Gasteiger partial charge in [0.25, 0.3) is 5.91 Å². The number of hydrogen-bond acceptors (Lipinski definition) is 3. The van der Waals surface area contributed by atoms with E-state index in [9.17, 15) is 4.79 Å². The summed E-state index contributed by atoms with van der Waals surface area (Å²) in [6, 6.07) is 15.1. The van der Waals surface area contributed by atoms with Crippen LogP contribution in [0.15, 0.2) is 53.4 Å². The Morgan fingerprint density at radius 1 is 1.10 bits per heavy atom. The van der Waals surface area contributed by atoms with Crippen LogP contribution in [0.4, 0.5) is 0 Å². The molecular weight excluding hydrogens is 270 g/mol. The zero-order chi connectivity index (χ0) is 13.9. The molecule has 1 heterocycles. The Kier molecular flexibility index (Phi) is 3.65. The van der Waals surface area contributed by atoms with E-state index in [0.717, 1.165) is 16.2 Å². The quantitative estimate of drug-likeness (QED) is 0.816. The minimum Gasteiger partial charge on any atom is -0.491 e. The Balaban J connectivity index is 1.84. The van der Waals surface area contributed by atoms with Gasteiger partial charge in [-0.05, 0) is 30.3 Å². The van der Waals surface area contributed by atoms with E-state index in [0.29, 0.717) is 25.3 Å². The van der Waals surface area contributed by atoms with E-state index in [1.807, 2.05) is 53.4 Å². The summed E-state index contributed by atoms with van der Waals surface area (Å²) in [6.45, 7) is 1.70. The molecule has 0 atom stereocenters. The van der Waals surface area contributed by atoms with Crippen LogP contribution in [0.5, 0.6) is 5.75 Å². The van der Waals surface area contributed by atoms with Crippen LogP contribution < -0.4 is 4.74 Å². The van der Waals surface area contributed by atoms with Gasteiger partial charge in [0.15, 0.2) is 0 Å². The number of thiol groups is 1. The lowest BCUT2D eigenvalue weighted by molar-refractivity contribution is 0.0733. The number of benzene rings is 2. The van der Waals surface area contributed by atoms with E-state index in [2.05, 4.69) is 12.6 Å². The molecule has 2 aromatic carbocycles. The number of rotatable bonds is 1. The number of amides is 1. The first-order valence-electron chi connectivity index (χ1n) is 6.53. The van der Waals surface area contributed by atoms with Crippen molar-refractivity contribution in [2.24, 2.45) is 0 Å². The molecule has 1 amide bonds. The summed E-state index contributed by atoms with van der Waals surface area (Å²) in [5.41, 5.74) is 1.73. The number of carbonyl (C=O) groups is 1. The zero-order valence-corrected chi connectivity index (χ0v) is 11.8. The number of para-hydroxylation sites is 1. The van der Waals surface area contributed by atoms with Gasteiger partial charge in [0.2, 0.25) is 0 Å². The predicted octanol–water partition coefficient (Wildman–Crippen LogP) is 3.01. The van der Waals surface area contributed by atoms with Crippen molar-refractivity contribution in [3.63, 3.8) is 0 Å². The van der Waals surface area contributed by atoms with Gasteiger partial charge in [-0.3, -0.25) is 4.79 Å². The maximum Gasteiger partial charge on any atom is 0.254 e. The fourth-order valence-corrected chi connectivity index (χ4v) is 2.43. The van der Waals surface area contributed by atoms with Crippen molar-refractivity contribution in [1.29, 1.82) is 0 Å². The molecule has 2 aromatic rings. The third-order valence-corrected chi connectivity index (χ3v) is 3.65. The van der Waals surface area contributed by atoms with E-state index in [1.54, 1.807) is 0 Å². The third-order valence-electron chi connectivity index (χ3n) is 3.35. The molecule has 0 bridgehead atoms. The summed E-state index contributed by atoms with van der Waals surface area (Å²) in [6.07, 6.45) is 0. The second-order valence-corrected chi connectivity index (χ2v) is 5.25. The van der Waals surface area contributed by atoms with Crippen LogP contribution in [0.3, 0.4) is 0 Å². The molecule has 4 heteroatoms. The molecule has 102 valence electrons. The first-order chi connectivity index (χ1) is 9.74. The summed E-state index contributed by atoms with van der Waals surface area (Å²) in [5, 5.41) is 0. The summed E-state index contributed by atoms with van der Waals surface area (Å²) >= 11 is 4.24. The van der Waals surface area contributed by atoms with Crippen molar-refractivity contribution >= 4 is 18.5 Å². The van der Waals surface area contributed by atoms with Crippen LogP contribution >= 0.6 is 12.6 Å². The Bertz CT molecular complexity index is 625. The SMILES string of the molecule is O=C(c1ccc(S)cc1)N1CCOc2ccccc2C1. The Labute approximate surface area is 123 Å². The van der Waals surface area contributed by atoms with Gasteiger partial charge in [-0.15, -0.1) is 12.6 Å². The van der Waals surface area contributed by atoms with Gasteiger partial charge in [0.05, 0.1) is 6.54 Å². The molecule has 0 spiro atoms. The first kappa shape index (κ1) is 13.1. The van der Waals surface area contributed by atoms with Crippen molar-refractivity contribution < 1.29 is 9.53 Å². The lowest BCUT2D eigenvalue weighted by Crippen LogP contribution is -2.32.